The highest BCUT2D eigenvalue weighted by Gasteiger charge is 2.27. The van der Waals surface area contributed by atoms with Gasteiger partial charge in [-0.1, -0.05) is 63.3 Å². The third-order valence-electron chi connectivity index (χ3n) is 7.73. The number of nitrogens with one attached hydrogen (secondary N) is 1. The van der Waals surface area contributed by atoms with E-state index in [1.807, 2.05) is 45.7 Å². The third kappa shape index (κ3) is 5.62. The van der Waals surface area contributed by atoms with Gasteiger partial charge >= 0.3 is 5.69 Å². The lowest BCUT2D eigenvalue weighted by atomic mass is 9.94. The monoisotopic (exact) mass is 515 g/mol. The van der Waals surface area contributed by atoms with E-state index in [4.69, 9.17) is 4.74 Å². The summed E-state index contributed by atoms with van der Waals surface area (Å²) in [6.45, 7) is 2.66. The summed E-state index contributed by atoms with van der Waals surface area (Å²) < 4.78 is 9.84. The highest BCUT2D eigenvalue weighted by Crippen LogP contribution is 2.30. The molecule has 1 N–H and O–H groups in total. The summed E-state index contributed by atoms with van der Waals surface area (Å²) in [7, 11) is 1.78. The molecule has 4 aromatic rings. The SMILES string of the molecule is CCCCc1cn(C2CCCCCCC2OC)c(=O)n1Cc1cnccc1-c1ccc(-c2nn[nH]n2)cc1. The van der Waals surface area contributed by atoms with Gasteiger partial charge in [-0.15, -0.1) is 10.2 Å². The van der Waals surface area contributed by atoms with E-state index < -0.39 is 0 Å². The van der Waals surface area contributed by atoms with Crippen LogP contribution < -0.4 is 5.69 Å². The molecule has 0 aliphatic heterocycles. The lowest BCUT2D eigenvalue weighted by molar-refractivity contribution is 0.0381. The average Bonchev–Trinajstić information content (AvgIpc) is 3.57. The topological polar surface area (TPSA) is 104 Å². The van der Waals surface area contributed by atoms with Gasteiger partial charge in [-0.05, 0) is 53.7 Å². The number of nitrogens with zero attached hydrogens (tertiary/aromatic N) is 6. The standard InChI is InChI=1S/C29H37N7O2/c1-3-4-9-24-20-36(26-10-7-5-6-8-11-27(26)38-2)29(37)35(24)19-23-18-30-17-16-25(23)21-12-14-22(15-13-21)28-31-33-34-32-28/h12-18,20,26-27H,3-11,19H2,1-2H3,(H,31,32,33,34). The molecule has 0 saturated heterocycles. The summed E-state index contributed by atoms with van der Waals surface area (Å²) in [4.78, 5) is 18.4. The summed E-state index contributed by atoms with van der Waals surface area (Å²) in [5, 5.41) is 14.3. The molecule has 0 bridgehead atoms. The molecular formula is C29H37N7O2. The minimum Gasteiger partial charge on any atom is -0.379 e. The van der Waals surface area contributed by atoms with Gasteiger partial charge in [0.1, 0.15) is 0 Å². The van der Waals surface area contributed by atoms with Crippen molar-refractivity contribution >= 4 is 0 Å². The van der Waals surface area contributed by atoms with E-state index in [2.05, 4.69) is 38.7 Å². The molecule has 0 spiro atoms. The fourth-order valence-corrected chi connectivity index (χ4v) is 5.62. The molecule has 38 heavy (non-hydrogen) atoms. The van der Waals surface area contributed by atoms with Gasteiger partial charge < -0.3 is 4.74 Å². The summed E-state index contributed by atoms with van der Waals surface area (Å²) in [5.41, 5.74) is 5.14. The number of imidazole rings is 1. The van der Waals surface area contributed by atoms with Crippen molar-refractivity contribution in [3.63, 3.8) is 0 Å². The third-order valence-corrected chi connectivity index (χ3v) is 7.73. The van der Waals surface area contributed by atoms with Gasteiger partial charge in [0.25, 0.3) is 0 Å². The summed E-state index contributed by atoms with van der Waals surface area (Å²) in [6.07, 6.45) is 15.5. The number of tetrazole rings is 1. The molecule has 1 fully saturated rings. The van der Waals surface area contributed by atoms with E-state index >= 15 is 0 Å². The Kier molecular flexibility index (Phi) is 8.43. The fraction of sp³-hybridized carbons (Fsp3) is 0.483. The Morgan fingerprint density at radius 2 is 1.84 bits per heavy atom. The van der Waals surface area contributed by atoms with Gasteiger partial charge in [0.15, 0.2) is 0 Å². The molecule has 1 aliphatic carbocycles. The molecule has 200 valence electrons. The van der Waals surface area contributed by atoms with Crippen LogP contribution in [0.1, 0.15) is 75.6 Å². The number of aromatic nitrogens is 7. The van der Waals surface area contributed by atoms with Gasteiger partial charge in [0.05, 0.1) is 18.7 Å². The van der Waals surface area contributed by atoms with Crippen molar-refractivity contribution < 1.29 is 4.74 Å². The fourth-order valence-electron chi connectivity index (χ4n) is 5.62. The lowest BCUT2D eigenvalue weighted by Crippen LogP contribution is -2.35. The van der Waals surface area contributed by atoms with Crippen LogP contribution >= 0.6 is 0 Å². The number of pyridine rings is 1. The predicted octanol–water partition coefficient (Wildman–Crippen LogP) is 5.19. The van der Waals surface area contributed by atoms with E-state index in [1.165, 1.54) is 12.8 Å². The number of ether oxygens (including phenoxy) is 1. The van der Waals surface area contributed by atoms with Crippen molar-refractivity contribution in [1.29, 1.82) is 0 Å². The minimum atomic E-state index is 0.0472. The van der Waals surface area contributed by atoms with Gasteiger partial charge in [-0.2, -0.15) is 5.21 Å². The highest BCUT2D eigenvalue weighted by molar-refractivity contribution is 5.69. The van der Waals surface area contributed by atoms with Crippen molar-refractivity contribution in [3.05, 3.63) is 70.7 Å². The Morgan fingerprint density at radius 3 is 2.58 bits per heavy atom. The molecule has 5 rings (SSSR count). The van der Waals surface area contributed by atoms with Crippen LogP contribution in [0.2, 0.25) is 0 Å². The molecule has 0 radical (unpaired) electrons. The lowest BCUT2D eigenvalue weighted by Gasteiger charge is -2.28. The van der Waals surface area contributed by atoms with Crippen LogP contribution in [0.25, 0.3) is 22.5 Å². The van der Waals surface area contributed by atoms with Crippen LogP contribution in [-0.2, 0) is 17.7 Å². The van der Waals surface area contributed by atoms with Crippen molar-refractivity contribution in [3.8, 4) is 22.5 Å². The molecule has 0 amide bonds. The zero-order valence-electron chi connectivity index (χ0n) is 22.3. The molecule has 9 nitrogen and oxygen atoms in total. The van der Waals surface area contributed by atoms with Crippen LogP contribution in [0.3, 0.4) is 0 Å². The second kappa shape index (κ2) is 12.3. The first-order valence-electron chi connectivity index (χ1n) is 13.8. The highest BCUT2D eigenvalue weighted by atomic mass is 16.5. The number of aryl methyl sites for hydroxylation is 1. The van der Waals surface area contributed by atoms with Crippen molar-refractivity contribution in [2.75, 3.05) is 7.11 Å². The maximum absolute atomic E-state index is 14.0. The quantitative estimate of drug-likeness (QED) is 0.329. The number of unbranched alkanes of at least 4 members (excludes halogenated alkanes) is 1. The number of hydrogen-bond acceptors (Lipinski definition) is 6. The second-order valence-electron chi connectivity index (χ2n) is 10.2. The van der Waals surface area contributed by atoms with E-state index in [-0.39, 0.29) is 17.8 Å². The average molecular weight is 516 g/mol. The van der Waals surface area contributed by atoms with E-state index in [1.54, 1.807) is 13.3 Å². The smallest absolute Gasteiger partial charge is 0.329 e. The van der Waals surface area contributed by atoms with Gasteiger partial charge in [-0.25, -0.2) is 4.79 Å². The Bertz CT molecular complexity index is 1360. The number of benzene rings is 1. The Morgan fingerprint density at radius 1 is 1.05 bits per heavy atom. The normalized spacial score (nSPS) is 18.3. The molecule has 1 aliphatic rings. The summed E-state index contributed by atoms with van der Waals surface area (Å²) >= 11 is 0. The number of H-pyrrole nitrogens is 1. The minimum absolute atomic E-state index is 0.0472. The molecule has 2 unspecified atom stereocenters. The van der Waals surface area contributed by atoms with E-state index in [0.717, 1.165) is 72.9 Å². The molecule has 1 aromatic carbocycles. The Labute approximate surface area is 223 Å². The second-order valence-corrected chi connectivity index (χ2v) is 10.2. The zero-order valence-corrected chi connectivity index (χ0v) is 22.3. The van der Waals surface area contributed by atoms with Crippen LogP contribution in [0.4, 0.5) is 0 Å². The van der Waals surface area contributed by atoms with Crippen LogP contribution in [0.15, 0.2) is 53.7 Å². The van der Waals surface area contributed by atoms with Crippen LogP contribution in [-0.4, -0.2) is 48.0 Å². The number of methoxy groups -OCH3 is 1. The summed E-state index contributed by atoms with van der Waals surface area (Å²) in [6, 6.07) is 10.2. The first-order chi connectivity index (χ1) is 18.7. The molecular weight excluding hydrogens is 478 g/mol. The number of rotatable bonds is 9. The van der Waals surface area contributed by atoms with Crippen molar-refractivity contribution in [2.24, 2.45) is 0 Å². The molecule has 2 atom stereocenters. The Balaban J connectivity index is 1.49. The van der Waals surface area contributed by atoms with Crippen LogP contribution in [0, 0.1) is 0 Å². The molecule has 9 heteroatoms. The maximum atomic E-state index is 14.0. The first kappa shape index (κ1) is 26.0. The van der Waals surface area contributed by atoms with E-state index in [9.17, 15) is 4.79 Å². The van der Waals surface area contributed by atoms with Gasteiger partial charge in [-0.3, -0.25) is 14.1 Å². The number of aromatic amines is 1. The molecule has 1 saturated carbocycles. The van der Waals surface area contributed by atoms with Crippen LogP contribution in [0.5, 0.6) is 0 Å². The predicted molar refractivity (Wildman–Crippen MR) is 147 cm³/mol. The number of hydrogen-bond donors (Lipinski definition) is 1. The Hall–Kier alpha value is -3.59. The van der Waals surface area contributed by atoms with Crippen molar-refractivity contribution in [1.82, 2.24) is 34.7 Å². The van der Waals surface area contributed by atoms with E-state index in [0.29, 0.717) is 12.4 Å². The molecule has 3 aromatic heterocycles. The maximum Gasteiger partial charge on any atom is 0.329 e. The van der Waals surface area contributed by atoms with Crippen molar-refractivity contribution in [2.45, 2.75) is 83.4 Å². The van der Waals surface area contributed by atoms with Gasteiger partial charge in [0, 0.05) is 37.0 Å². The first-order valence-corrected chi connectivity index (χ1v) is 13.8. The van der Waals surface area contributed by atoms with Gasteiger partial charge in [0.2, 0.25) is 5.82 Å². The zero-order chi connectivity index (χ0) is 26.3. The molecule has 3 heterocycles. The summed E-state index contributed by atoms with van der Waals surface area (Å²) in [5.74, 6) is 0.559. The largest absolute Gasteiger partial charge is 0.379 e.